The minimum Gasteiger partial charge on any atom is -0.322 e. The fourth-order valence-electron chi connectivity index (χ4n) is 3.84. The summed E-state index contributed by atoms with van der Waals surface area (Å²) >= 11 is 1.32. The summed E-state index contributed by atoms with van der Waals surface area (Å²) in [5.41, 5.74) is 6.39. The lowest BCUT2D eigenvalue weighted by Gasteiger charge is -2.08. The number of fused-ring (bicyclic) bond motifs is 1. The molecule has 36 heavy (non-hydrogen) atoms. The molecule has 0 aliphatic carbocycles. The first-order valence-corrected chi connectivity index (χ1v) is 12.5. The number of nitrogens with zero attached hydrogens (tertiary/aromatic N) is 2. The van der Waals surface area contributed by atoms with Gasteiger partial charge in [0.1, 0.15) is 10.3 Å². The smallest absolute Gasteiger partial charge is 0.257 e. The lowest BCUT2D eigenvalue weighted by atomic mass is 10.1. The van der Waals surface area contributed by atoms with Crippen LogP contribution in [0.4, 0.5) is 10.8 Å². The Labute approximate surface area is 213 Å². The first-order chi connectivity index (χ1) is 17.5. The Balaban J connectivity index is 1.34. The highest BCUT2D eigenvalue weighted by atomic mass is 32.1. The zero-order valence-electron chi connectivity index (χ0n) is 19.9. The number of pyridine rings is 1. The third-order valence-electron chi connectivity index (χ3n) is 5.80. The Bertz CT molecular complexity index is 1570. The standard InChI is InChI=1S/C29H24N4O2S/c1-3-19-10-12-20(13-11-19)26(34)33-29-32-25-15-14-24(31-28(25)36-29)21-7-5-8-22(17-21)27(35)30-23-9-4-6-18(2)16-23/h4-17H,3H2,1-2H3,(H,30,35)(H,32,33,34). The van der Waals surface area contributed by atoms with Crippen molar-refractivity contribution in [3.63, 3.8) is 0 Å². The van der Waals surface area contributed by atoms with Gasteiger partial charge in [0, 0.05) is 22.4 Å². The number of carbonyl (C=O) groups is 2. The molecule has 5 aromatic rings. The second-order valence-electron chi connectivity index (χ2n) is 8.45. The number of hydrogen-bond donors (Lipinski definition) is 2. The third-order valence-corrected chi connectivity index (χ3v) is 6.68. The molecule has 6 nitrogen and oxygen atoms in total. The molecule has 0 unspecified atom stereocenters. The molecule has 5 rings (SSSR count). The molecule has 0 spiro atoms. The monoisotopic (exact) mass is 492 g/mol. The van der Waals surface area contributed by atoms with Crippen molar-refractivity contribution in [2.45, 2.75) is 20.3 Å². The minimum absolute atomic E-state index is 0.182. The molecule has 7 heteroatoms. The SMILES string of the molecule is CCc1ccc(C(=O)Nc2nc3ccc(-c4cccc(C(=O)Nc5cccc(C)c5)c4)nc3s2)cc1. The van der Waals surface area contributed by atoms with Crippen molar-refractivity contribution < 1.29 is 9.59 Å². The van der Waals surface area contributed by atoms with Gasteiger partial charge in [0.2, 0.25) is 0 Å². The van der Waals surface area contributed by atoms with Gasteiger partial charge in [0.15, 0.2) is 5.13 Å². The van der Waals surface area contributed by atoms with Crippen LogP contribution >= 0.6 is 11.3 Å². The van der Waals surface area contributed by atoms with Gasteiger partial charge < -0.3 is 5.32 Å². The summed E-state index contributed by atoms with van der Waals surface area (Å²) in [4.78, 5) is 35.4. The van der Waals surface area contributed by atoms with Crippen molar-refractivity contribution in [1.29, 1.82) is 0 Å². The summed E-state index contributed by atoms with van der Waals surface area (Å²) in [6.07, 6.45) is 0.925. The number of thiazole rings is 1. The van der Waals surface area contributed by atoms with Crippen LogP contribution in [0.1, 0.15) is 38.8 Å². The fraction of sp³-hybridized carbons (Fsp3) is 0.103. The maximum Gasteiger partial charge on any atom is 0.257 e. The second kappa shape index (κ2) is 10.1. The number of anilines is 2. The van der Waals surface area contributed by atoms with Crippen LogP contribution in [-0.4, -0.2) is 21.8 Å². The van der Waals surface area contributed by atoms with Gasteiger partial charge in [-0.1, -0.05) is 54.7 Å². The van der Waals surface area contributed by atoms with E-state index in [2.05, 4.69) is 22.5 Å². The van der Waals surface area contributed by atoms with Gasteiger partial charge in [-0.25, -0.2) is 9.97 Å². The Hall–Kier alpha value is -4.36. The molecule has 0 bridgehead atoms. The van der Waals surface area contributed by atoms with Crippen molar-refractivity contribution in [2.24, 2.45) is 0 Å². The van der Waals surface area contributed by atoms with E-state index in [0.29, 0.717) is 26.6 Å². The Morgan fingerprint density at radius 3 is 2.36 bits per heavy atom. The molecular formula is C29H24N4O2S. The van der Waals surface area contributed by atoms with Crippen molar-refractivity contribution in [3.05, 3.63) is 107 Å². The Kier molecular flexibility index (Phi) is 6.56. The van der Waals surface area contributed by atoms with Gasteiger partial charge in [-0.15, -0.1) is 0 Å². The van der Waals surface area contributed by atoms with Crippen molar-refractivity contribution in [3.8, 4) is 11.3 Å². The second-order valence-corrected chi connectivity index (χ2v) is 9.43. The molecule has 2 aromatic heterocycles. The maximum atomic E-state index is 12.8. The van der Waals surface area contributed by atoms with E-state index in [4.69, 9.17) is 4.98 Å². The number of aryl methyl sites for hydroxylation is 2. The molecule has 178 valence electrons. The summed E-state index contributed by atoms with van der Waals surface area (Å²) < 4.78 is 0. The average molecular weight is 493 g/mol. The van der Waals surface area contributed by atoms with E-state index in [9.17, 15) is 9.59 Å². The Morgan fingerprint density at radius 2 is 1.58 bits per heavy atom. The van der Waals surface area contributed by atoms with Crippen LogP contribution in [-0.2, 0) is 6.42 Å². The molecule has 2 N–H and O–H groups in total. The van der Waals surface area contributed by atoms with Crippen molar-refractivity contribution in [2.75, 3.05) is 10.6 Å². The van der Waals surface area contributed by atoms with Crippen molar-refractivity contribution >= 4 is 44.3 Å². The summed E-state index contributed by atoms with van der Waals surface area (Å²) in [5.74, 6) is -0.387. The minimum atomic E-state index is -0.204. The number of hydrogen-bond acceptors (Lipinski definition) is 5. The first-order valence-electron chi connectivity index (χ1n) is 11.6. The highest BCUT2D eigenvalue weighted by molar-refractivity contribution is 7.22. The maximum absolute atomic E-state index is 12.8. The van der Waals surface area contributed by atoms with E-state index in [1.807, 2.05) is 85.8 Å². The molecule has 0 saturated heterocycles. The molecule has 2 heterocycles. The van der Waals surface area contributed by atoms with Gasteiger partial charge in [-0.05, 0) is 73.0 Å². The normalized spacial score (nSPS) is 10.8. The summed E-state index contributed by atoms with van der Waals surface area (Å²) in [7, 11) is 0. The largest absolute Gasteiger partial charge is 0.322 e. The number of amides is 2. The topological polar surface area (TPSA) is 84.0 Å². The first kappa shape index (κ1) is 23.4. The van der Waals surface area contributed by atoms with Gasteiger partial charge >= 0.3 is 0 Å². The molecule has 0 saturated carbocycles. The molecule has 0 atom stereocenters. The van der Waals surface area contributed by atoms with Gasteiger partial charge in [-0.2, -0.15) is 0 Å². The predicted molar refractivity (Wildman–Crippen MR) is 146 cm³/mol. The molecule has 0 radical (unpaired) electrons. The number of aromatic nitrogens is 2. The Morgan fingerprint density at radius 1 is 0.806 bits per heavy atom. The summed E-state index contributed by atoms with van der Waals surface area (Å²) in [6, 6.07) is 26.3. The average Bonchev–Trinajstić information content (AvgIpc) is 3.30. The van der Waals surface area contributed by atoms with E-state index in [-0.39, 0.29) is 11.8 Å². The predicted octanol–water partition coefficient (Wildman–Crippen LogP) is 6.73. The van der Waals surface area contributed by atoms with Crippen molar-refractivity contribution in [1.82, 2.24) is 9.97 Å². The van der Waals surface area contributed by atoms with E-state index in [1.54, 1.807) is 6.07 Å². The van der Waals surface area contributed by atoms with Gasteiger partial charge in [0.25, 0.3) is 11.8 Å². The fourth-order valence-corrected chi connectivity index (χ4v) is 4.67. The zero-order valence-corrected chi connectivity index (χ0v) is 20.7. The highest BCUT2D eigenvalue weighted by Crippen LogP contribution is 2.28. The molecule has 3 aromatic carbocycles. The van der Waals surface area contributed by atoms with E-state index >= 15 is 0 Å². The molecule has 0 aliphatic rings. The van der Waals surface area contributed by atoms with Crippen LogP contribution in [0.2, 0.25) is 0 Å². The molecule has 2 amide bonds. The van der Waals surface area contributed by atoms with Crippen LogP contribution in [0, 0.1) is 6.92 Å². The molecule has 0 fully saturated rings. The molecular weight excluding hydrogens is 468 g/mol. The van der Waals surface area contributed by atoms with Crippen LogP contribution < -0.4 is 10.6 Å². The van der Waals surface area contributed by atoms with E-state index in [0.717, 1.165) is 28.9 Å². The van der Waals surface area contributed by atoms with Gasteiger partial charge in [0.05, 0.1) is 5.69 Å². The summed E-state index contributed by atoms with van der Waals surface area (Å²) in [6.45, 7) is 4.06. The number of nitrogens with one attached hydrogen (secondary N) is 2. The van der Waals surface area contributed by atoms with E-state index in [1.165, 1.54) is 16.9 Å². The number of carbonyl (C=O) groups excluding carboxylic acids is 2. The van der Waals surface area contributed by atoms with E-state index < -0.39 is 0 Å². The highest BCUT2D eigenvalue weighted by Gasteiger charge is 2.13. The van der Waals surface area contributed by atoms with Crippen LogP contribution in [0.3, 0.4) is 0 Å². The van der Waals surface area contributed by atoms with Gasteiger partial charge in [-0.3, -0.25) is 14.9 Å². The van der Waals surface area contributed by atoms with Crippen LogP contribution in [0.25, 0.3) is 21.6 Å². The summed E-state index contributed by atoms with van der Waals surface area (Å²) in [5, 5.41) is 6.30. The van der Waals surface area contributed by atoms with Crippen LogP contribution in [0.15, 0.2) is 84.9 Å². The lowest BCUT2D eigenvalue weighted by Crippen LogP contribution is -2.11. The molecule has 0 aliphatic heterocycles. The van der Waals surface area contributed by atoms with Crippen LogP contribution in [0.5, 0.6) is 0 Å². The lowest BCUT2D eigenvalue weighted by molar-refractivity contribution is 0.101. The zero-order chi connectivity index (χ0) is 25.1. The number of benzene rings is 3. The number of rotatable bonds is 6. The third kappa shape index (κ3) is 5.16. The quantitative estimate of drug-likeness (QED) is 0.275.